The van der Waals surface area contributed by atoms with Crippen LogP contribution < -0.4 is 0 Å². The van der Waals surface area contributed by atoms with Crippen LogP contribution in [0.4, 0.5) is 0 Å². The van der Waals surface area contributed by atoms with Crippen LogP contribution in [0.1, 0.15) is 25.7 Å². The number of hydrogen-bond acceptors (Lipinski definition) is 2. The van der Waals surface area contributed by atoms with Gasteiger partial charge in [0.1, 0.15) is 0 Å². The van der Waals surface area contributed by atoms with Gasteiger partial charge >= 0.3 is 0 Å². The fourth-order valence-electron chi connectivity index (χ4n) is 1.71. The summed E-state index contributed by atoms with van der Waals surface area (Å²) in [6, 6.07) is 0. The minimum Gasteiger partial charge on any atom is -0.379 e. The van der Waals surface area contributed by atoms with Crippen LogP contribution in [-0.2, 0) is 4.74 Å². The topological polar surface area (TPSA) is 12.5 Å². The van der Waals surface area contributed by atoms with Gasteiger partial charge in [0.15, 0.2) is 0 Å². The number of hydrogen-bond donors (Lipinski definition) is 0. The van der Waals surface area contributed by atoms with Crippen molar-refractivity contribution >= 4 is 11.6 Å². The van der Waals surface area contributed by atoms with Gasteiger partial charge in [-0.1, -0.05) is 12.8 Å². The highest BCUT2D eigenvalue weighted by Crippen LogP contribution is 2.08. The molecule has 1 fully saturated rings. The van der Waals surface area contributed by atoms with Crippen LogP contribution in [0.5, 0.6) is 0 Å². The maximum Gasteiger partial charge on any atom is 0.0602 e. The van der Waals surface area contributed by atoms with Gasteiger partial charge in [-0.2, -0.15) is 0 Å². The summed E-state index contributed by atoms with van der Waals surface area (Å²) in [5.41, 5.74) is 0. The standard InChI is InChI=1S/C10H20ClNO/c11-5-9-13-10-8-12-6-3-1-2-4-7-12/h1-10H2. The molecule has 0 spiro atoms. The number of rotatable bonds is 5. The van der Waals surface area contributed by atoms with Crippen molar-refractivity contribution in [1.82, 2.24) is 4.90 Å². The van der Waals surface area contributed by atoms with Crippen molar-refractivity contribution in [3.63, 3.8) is 0 Å². The minimum absolute atomic E-state index is 0.611. The first-order valence-electron chi connectivity index (χ1n) is 5.29. The van der Waals surface area contributed by atoms with Crippen LogP contribution in [0.2, 0.25) is 0 Å². The summed E-state index contributed by atoms with van der Waals surface area (Å²) in [5, 5.41) is 0. The highest BCUT2D eigenvalue weighted by molar-refractivity contribution is 6.17. The molecule has 0 aromatic rings. The molecule has 1 rings (SSSR count). The van der Waals surface area contributed by atoms with Gasteiger partial charge in [-0.25, -0.2) is 0 Å². The van der Waals surface area contributed by atoms with Crippen LogP contribution in [-0.4, -0.2) is 43.6 Å². The molecule has 0 unspecified atom stereocenters. The Balaban J connectivity index is 1.98. The van der Waals surface area contributed by atoms with Crippen LogP contribution in [0.3, 0.4) is 0 Å². The van der Waals surface area contributed by atoms with Crippen molar-refractivity contribution in [2.24, 2.45) is 0 Å². The lowest BCUT2D eigenvalue weighted by Crippen LogP contribution is -2.28. The largest absolute Gasteiger partial charge is 0.379 e. The second kappa shape index (κ2) is 7.60. The average molecular weight is 206 g/mol. The van der Waals surface area contributed by atoms with Gasteiger partial charge in [0.2, 0.25) is 0 Å². The monoisotopic (exact) mass is 205 g/mol. The van der Waals surface area contributed by atoms with Gasteiger partial charge in [0.05, 0.1) is 13.2 Å². The van der Waals surface area contributed by atoms with Crippen molar-refractivity contribution in [2.75, 3.05) is 38.7 Å². The Hall–Kier alpha value is 0.210. The van der Waals surface area contributed by atoms with Crippen molar-refractivity contribution in [3.05, 3.63) is 0 Å². The minimum atomic E-state index is 0.611. The van der Waals surface area contributed by atoms with E-state index in [4.69, 9.17) is 16.3 Å². The highest BCUT2D eigenvalue weighted by atomic mass is 35.5. The van der Waals surface area contributed by atoms with Crippen LogP contribution in [0.25, 0.3) is 0 Å². The summed E-state index contributed by atoms with van der Waals surface area (Å²) in [5.74, 6) is 0.611. The molecule has 78 valence electrons. The molecular weight excluding hydrogens is 186 g/mol. The molecule has 1 heterocycles. The van der Waals surface area contributed by atoms with Crippen molar-refractivity contribution in [3.8, 4) is 0 Å². The van der Waals surface area contributed by atoms with Crippen molar-refractivity contribution in [1.29, 1.82) is 0 Å². The Morgan fingerprint density at radius 2 is 1.69 bits per heavy atom. The van der Waals surface area contributed by atoms with Gasteiger partial charge in [0.25, 0.3) is 0 Å². The third-order valence-corrected chi connectivity index (χ3v) is 2.63. The van der Waals surface area contributed by atoms with Crippen LogP contribution in [0, 0.1) is 0 Å². The van der Waals surface area contributed by atoms with Crippen LogP contribution in [0.15, 0.2) is 0 Å². The van der Waals surface area contributed by atoms with E-state index in [-0.39, 0.29) is 0 Å². The van der Waals surface area contributed by atoms with Gasteiger partial charge in [-0.15, -0.1) is 11.6 Å². The van der Waals surface area contributed by atoms with Gasteiger partial charge in [-0.3, -0.25) is 0 Å². The maximum atomic E-state index is 5.51. The zero-order valence-electron chi connectivity index (χ0n) is 8.30. The summed E-state index contributed by atoms with van der Waals surface area (Å²) in [6.07, 6.45) is 5.52. The summed E-state index contributed by atoms with van der Waals surface area (Å²) >= 11 is 5.51. The van der Waals surface area contributed by atoms with E-state index in [2.05, 4.69) is 4.90 Å². The molecule has 2 nitrogen and oxygen atoms in total. The average Bonchev–Trinajstić information content (AvgIpc) is 2.41. The summed E-state index contributed by atoms with van der Waals surface area (Å²) in [6.45, 7) is 5.12. The summed E-state index contributed by atoms with van der Waals surface area (Å²) in [4.78, 5) is 2.50. The molecule has 0 aromatic carbocycles. The number of nitrogens with zero attached hydrogens (tertiary/aromatic N) is 1. The Labute approximate surface area is 86.2 Å². The van der Waals surface area contributed by atoms with Crippen LogP contribution >= 0.6 is 11.6 Å². The maximum absolute atomic E-state index is 5.51. The first-order chi connectivity index (χ1) is 6.43. The van der Waals surface area contributed by atoms with E-state index >= 15 is 0 Å². The highest BCUT2D eigenvalue weighted by Gasteiger charge is 2.07. The molecular formula is C10H20ClNO. The second-order valence-corrected chi connectivity index (χ2v) is 3.94. The number of alkyl halides is 1. The molecule has 0 amide bonds. The Morgan fingerprint density at radius 1 is 1.00 bits per heavy atom. The molecule has 1 aliphatic heterocycles. The molecule has 0 aliphatic carbocycles. The molecule has 0 aromatic heterocycles. The van der Waals surface area contributed by atoms with E-state index in [1.807, 2.05) is 0 Å². The lowest BCUT2D eigenvalue weighted by molar-refractivity contribution is 0.116. The molecule has 13 heavy (non-hydrogen) atoms. The molecule has 1 saturated heterocycles. The van der Waals surface area contributed by atoms with E-state index in [0.717, 1.165) is 13.2 Å². The summed E-state index contributed by atoms with van der Waals surface area (Å²) < 4.78 is 5.35. The van der Waals surface area contributed by atoms with Gasteiger partial charge < -0.3 is 9.64 Å². The third kappa shape index (κ3) is 5.50. The third-order valence-electron chi connectivity index (χ3n) is 2.47. The molecule has 0 saturated carbocycles. The summed E-state index contributed by atoms with van der Waals surface area (Å²) in [7, 11) is 0. The van der Waals surface area contributed by atoms with Crippen molar-refractivity contribution < 1.29 is 4.74 Å². The second-order valence-electron chi connectivity index (χ2n) is 3.56. The first kappa shape index (κ1) is 11.3. The first-order valence-corrected chi connectivity index (χ1v) is 5.83. The normalized spacial score (nSPS) is 20.1. The fourth-order valence-corrected chi connectivity index (χ4v) is 1.82. The number of likely N-dealkylation sites (tertiary alicyclic amines) is 1. The van der Waals surface area contributed by atoms with E-state index in [1.54, 1.807) is 0 Å². The molecule has 1 aliphatic rings. The zero-order valence-corrected chi connectivity index (χ0v) is 9.06. The number of ether oxygens (including phenoxy) is 1. The quantitative estimate of drug-likeness (QED) is 0.504. The fraction of sp³-hybridized carbons (Fsp3) is 1.00. The number of halogens is 1. The Kier molecular flexibility index (Phi) is 6.60. The SMILES string of the molecule is ClCCOCCN1CCCCCC1. The molecule has 0 atom stereocenters. The Morgan fingerprint density at radius 3 is 2.31 bits per heavy atom. The zero-order chi connectivity index (χ0) is 9.36. The van der Waals surface area contributed by atoms with Gasteiger partial charge in [-0.05, 0) is 25.9 Å². The van der Waals surface area contributed by atoms with E-state index in [1.165, 1.54) is 38.8 Å². The Bertz CT molecular complexity index is 113. The van der Waals surface area contributed by atoms with Crippen molar-refractivity contribution in [2.45, 2.75) is 25.7 Å². The molecule has 3 heteroatoms. The van der Waals surface area contributed by atoms with E-state index in [9.17, 15) is 0 Å². The molecule has 0 N–H and O–H groups in total. The molecule has 0 radical (unpaired) electrons. The van der Waals surface area contributed by atoms with Gasteiger partial charge in [0, 0.05) is 12.4 Å². The van der Waals surface area contributed by atoms with E-state index < -0.39 is 0 Å². The predicted molar refractivity (Wildman–Crippen MR) is 56.4 cm³/mol. The lowest BCUT2D eigenvalue weighted by Gasteiger charge is -2.19. The van der Waals surface area contributed by atoms with E-state index in [0.29, 0.717) is 12.5 Å². The molecule has 0 bridgehead atoms. The smallest absolute Gasteiger partial charge is 0.0602 e. The predicted octanol–water partition coefficient (Wildman–Crippen LogP) is 2.12. The lowest BCUT2D eigenvalue weighted by atomic mass is 10.2.